The van der Waals surface area contributed by atoms with Crippen molar-refractivity contribution in [3.8, 4) is 0 Å². The first-order chi connectivity index (χ1) is 11.2. The molecule has 1 aliphatic carbocycles. The fourth-order valence-corrected chi connectivity index (χ4v) is 3.56. The van der Waals surface area contributed by atoms with Crippen molar-refractivity contribution in [1.82, 2.24) is 24.9 Å². The average molecular weight is 446 g/mol. The molecule has 1 atom stereocenters. The zero-order chi connectivity index (χ0) is 16.2. The van der Waals surface area contributed by atoms with Crippen LogP contribution in [0, 0.1) is 0 Å². The third-order valence-electron chi connectivity index (χ3n) is 5.05. The summed E-state index contributed by atoms with van der Waals surface area (Å²) in [6, 6.07) is 0.838. The molecule has 24 heavy (non-hydrogen) atoms. The highest BCUT2D eigenvalue weighted by Gasteiger charge is 2.28. The molecular weight excluding hydrogens is 415 g/mol. The van der Waals surface area contributed by atoms with Crippen LogP contribution >= 0.6 is 24.0 Å². The second kappa shape index (κ2) is 9.03. The van der Waals surface area contributed by atoms with Gasteiger partial charge < -0.3 is 10.2 Å². The van der Waals surface area contributed by atoms with E-state index in [-0.39, 0.29) is 24.0 Å². The average Bonchev–Trinajstić information content (AvgIpc) is 3.11. The molecule has 0 amide bonds. The van der Waals surface area contributed by atoms with Crippen molar-refractivity contribution in [3.05, 3.63) is 18.0 Å². The van der Waals surface area contributed by atoms with Crippen molar-refractivity contribution in [3.63, 3.8) is 0 Å². The fourth-order valence-electron chi connectivity index (χ4n) is 3.56. The van der Waals surface area contributed by atoms with Gasteiger partial charge in [0, 0.05) is 58.4 Å². The van der Waals surface area contributed by atoms with Gasteiger partial charge in [0.2, 0.25) is 0 Å². The van der Waals surface area contributed by atoms with Crippen molar-refractivity contribution in [2.75, 3.05) is 39.8 Å². The monoisotopic (exact) mass is 446 g/mol. The Morgan fingerprint density at radius 3 is 2.79 bits per heavy atom. The molecule has 2 fully saturated rings. The molecule has 1 aliphatic heterocycles. The van der Waals surface area contributed by atoms with Crippen LogP contribution in [0.5, 0.6) is 0 Å². The van der Waals surface area contributed by atoms with Gasteiger partial charge in [-0.1, -0.05) is 6.92 Å². The van der Waals surface area contributed by atoms with Crippen LogP contribution in [-0.4, -0.2) is 71.4 Å². The molecular formula is C17H31IN6. The molecule has 1 aromatic rings. The van der Waals surface area contributed by atoms with Crippen LogP contribution < -0.4 is 5.32 Å². The summed E-state index contributed by atoms with van der Waals surface area (Å²) in [6.45, 7) is 7.60. The van der Waals surface area contributed by atoms with Crippen LogP contribution in [0.4, 0.5) is 0 Å². The van der Waals surface area contributed by atoms with Gasteiger partial charge in [0.25, 0.3) is 0 Å². The zero-order valence-electron chi connectivity index (χ0n) is 15.1. The number of nitrogens with one attached hydrogen (secondary N) is 1. The van der Waals surface area contributed by atoms with Crippen molar-refractivity contribution >= 4 is 29.9 Å². The van der Waals surface area contributed by atoms with Gasteiger partial charge in [-0.3, -0.25) is 14.6 Å². The summed E-state index contributed by atoms with van der Waals surface area (Å²) in [5, 5.41) is 7.85. The number of likely N-dealkylation sites (N-methyl/N-ethyl adjacent to an activating group) is 1. The lowest BCUT2D eigenvalue weighted by atomic mass is 10.0. The van der Waals surface area contributed by atoms with Gasteiger partial charge in [-0.05, 0) is 31.4 Å². The number of hydrogen-bond acceptors (Lipinski definition) is 3. The molecule has 136 valence electrons. The van der Waals surface area contributed by atoms with E-state index in [1.807, 2.05) is 25.0 Å². The smallest absolute Gasteiger partial charge is 0.193 e. The third kappa shape index (κ3) is 4.84. The highest BCUT2D eigenvalue weighted by Crippen LogP contribution is 2.27. The topological polar surface area (TPSA) is 48.7 Å². The van der Waals surface area contributed by atoms with E-state index in [1.54, 1.807) is 0 Å². The molecule has 3 rings (SSSR count). The van der Waals surface area contributed by atoms with Crippen LogP contribution in [0.2, 0.25) is 0 Å². The van der Waals surface area contributed by atoms with Crippen molar-refractivity contribution in [1.29, 1.82) is 0 Å². The maximum absolute atomic E-state index is 4.48. The Morgan fingerprint density at radius 2 is 2.21 bits per heavy atom. The highest BCUT2D eigenvalue weighted by molar-refractivity contribution is 14.0. The maximum atomic E-state index is 4.48. The van der Waals surface area contributed by atoms with Gasteiger partial charge in [0.1, 0.15) is 0 Å². The van der Waals surface area contributed by atoms with Crippen molar-refractivity contribution in [2.24, 2.45) is 12.0 Å². The number of hydrogen-bond donors (Lipinski definition) is 1. The molecule has 2 aliphatic rings. The SMILES string of the molecule is CCN(CCNC(=NC)N1CCC(c2cnn(C)c2)C1)C1CC1.I. The lowest BCUT2D eigenvalue weighted by Crippen LogP contribution is -2.43. The van der Waals surface area contributed by atoms with E-state index in [1.165, 1.54) is 24.8 Å². The minimum atomic E-state index is 0. The number of guanidine groups is 1. The summed E-state index contributed by atoms with van der Waals surface area (Å²) in [5.74, 6) is 1.61. The second-order valence-electron chi connectivity index (χ2n) is 6.71. The summed E-state index contributed by atoms with van der Waals surface area (Å²) in [6.07, 6.45) is 8.07. The number of aryl methyl sites for hydroxylation is 1. The molecule has 7 heteroatoms. The number of aromatic nitrogens is 2. The zero-order valence-corrected chi connectivity index (χ0v) is 17.4. The second-order valence-corrected chi connectivity index (χ2v) is 6.71. The third-order valence-corrected chi connectivity index (χ3v) is 5.05. The summed E-state index contributed by atoms with van der Waals surface area (Å²) in [4.78, 5) is 9.43. The number of rotatable bonds is 6. The Labute approximate surface area is 162 Å². The quantitative estimate of drug-likeness (QED) is 0.412. The van der Waals surface area contributed by atoms with Crippen LogP contribution in [0.25, 0.3) is 0 Å². The first-order valence-electron chi connectivity index (χ1n) is 8.89. The molecule has 0 radical (unpaired) electrons. The summed E-state index contributed by atoms with van der Waals surface area (Å²) >= 11 is 0. The Kier molecular flexibility index (Phi) is 7.34. The van der Waals surface area contributed by atoms with Crippen LogP contribution in [0.3, 0.4) is 0 Å². The van der Waals surface area contributed by atoms with Gasteiger partial charge in [-0.25, -0.2) is 0 Å². The van der Waals surface area contributed by atoms with Crippen LogP contribution in [0.1, 0.15) is 37.7 Å². The van der Waals surface area contributed by atoms with Crippen molar-refractivity contribution in [2.45, 2.75) is 38.1 Å². The van der Waals surface area contributed by atoms with E-state index in [4.69, 9.17) is 0 Å². The molecule has 6 nitrogen and oxygen atoms in total. The predicted molar refractivity (Wildman–Crippen MR) is 109 cm³/mol. The molecule has 0 bridgehead atoms. The Balaban J connectivity index is 0.00000208. The van der Waals surface area contributed by atoms with E-state index in [0.717, 1.165) is 44.7 Å². The molecule has 0 aromatic carbocycles. The van der Waals surface area contributed by atoms with Gasteiger partial charge in [-0.15, -0.1) is 24.0 Å². The minimum Gasteiger partial charge on any atom is -0.355 e. The number of aliphatic imine (C=N–C) groups is 1. The number of likely N-dealkylation sites (tertiary alicyclic amines) is 1. The van der Waals surface area contributed by atoms with E-state index in [0.29, 0.717) is 5.92 Å². The maximum Gasteiger partial charge on any atom is 0.193 e. The Morgan fingerprint density at radius 1 is 1.42 bits per heavy atom. The first-order valence-corrected chi connectivity index (χ1v) is 8.89. The summed E-state index contributed by atoms with van der Waals surface area (Å²) in [5.41, 5.74) is 1.34. The number of halogens is 1. The van der Waals surface area contributed by atoms with Gasteiger partial charge >= 0.3 is 0 Å². The molecule has 1 aromatic heterocycles. The molecule has 1 saturated heterocycles. The molecule has 0 spiro atoms. The Hall–Kier alpha value is -0.830. The van der Waals surface area contributed by atoms with Gasteiger partial charge in [0.15, 0.2) is 5.96 Å². The van der Waals surface area contributed by atoms with E-state index in [9.17, 15) is 0 Å². The summed E-state index contributed by atoms with van der Waals surface area (Å²) in [7, 11) is 3.87. The molecule has 1 N–H and O–H groups in total. The molecule has 1 unspecified atom stereocenters. The van der Waals surface area contributed by atoms with Gasteiger partial charge in [-0.2, -0.15) is 5.10 Å². The summed E-state index contributed by atoms with van der Waals surface area (Å²) < 4.78 is 1.89. The van der Waals surface area contributed by atoms with E-state index in [2.05, 4.69) is 38.3 Å². The van der Waals surface area contributed by atoms with Crippen molar-refractivity contribution < 1.29 is 0 Å². The lowest BCUT2D eigenvalue weighted by Gasteiger charge is -2.24. The minimum absolute atomic E-state index is 0. The van der Waals surface area contributed by atoms with Crippen LogP contribution in [-0.2, 0) is 7.05 Å². The fraction of sp³-hybridized carbons (Fsp3) is 0.765. The normalized spacial score (nSPS) is 21.2. The molecule has 1 saturated carbocycles. The predicted octanol–water partition coefficient (Wildman–Crippen LogP) is 1.89. The molecule has 2 heterocycles. The van der Waals surface area contributed by atoms with E-state index >= 15 is 0 Å². The first kappa shape index (κ1) is 19.5. The highest BCUT2D eigenvalue weighted by atomic mass is 127. The standard InChI is InChI=1S/C17H30N6.HI/c1-4-22(16-5-6-16)10-8-19-17(18-2)23-9-7-14(13-23)15-11-20-21(3)12-15;/h11-12,14,16H,4-10,13H2,1-3H3,(H,18,19);1H. The Bertz CT molecular complexity index is 539. The van der Waals surface area contributed by atoms with Crippen LogP contribution in [0.15, 0.2) is 17.4 Å². The largest absolute Gasteiger partial charge is 0.355 e. The lowest BCUT2D eigenvalue weighted by molar-refractivity contribution is 0.280. The number of nitrogens with zero attached hydrogens (tertiary/aromatic N) is 5. The van der Waals surface area contributed by atoms with E-state index < -0.39 is 0 Å². The van der Waals surface area contributed by atoms with Gasteiger partial charge in [0.05, 0.1) is 6.20 Å².